The number of para-hydroxylation sites is 1. The summed E-state index contributed by atoms with van der Waals surface area (Å²) in [7, 11) is 0. The van der Waals surface area contributed by atoms with E-state index in [1.165, 1.54) is 0 Å². The van der Waals surface area contributed by atoms with Gasteiger partial charge < -0.3 is 4.52 Å². The molecule has 5 nitrogen and oxygen atoms in total. The molecule has 0 fully saturated rings. The zero-order valence-corrected chi connectivity index (χ0v) is 13.7. The molecule has 26 heavy (non-hydrogen) atoms. The minimum absolute atomic E-state index is 0.184. The Balaban J connectivity index is 1.92. The first-order valence-electron chi connectivity index (χ1n) is 8.09. The van der Waals surface area contributed by atoms with Crippen LogP contribution in [0.4, 0.5) is 0 Å². The predicted molar refractivity (Wildman–Crippen MR) is 96.7 cm³/mol. The van der Waals surface area contributed by atoms with Crippen LogP contribution in [0.25, 0.3) is 11.0 Å². The number of hydrogen-bond donors (Lipinski definition) is 0. The number of fused-ring (bicyclic) bond motifs is 1. The maximum atomic E-state index is 12.9. The highest BCUT2D eigenvalue weighted by atomic mass is 16.5. The van der Waals surface area contributed by atoms with Crippen LogP contribution in [0.3, 0.4) is 0 Å². The lowest BCUT2D eigenvalue weighted by Gasteiger charge is -2.00. The van der Waals surface area contributed by atoms with Crippen molar-refractivity contribution in [1.82, 2.24) is 4.74 Å². The molecule has 3 aromatic carbocycles. The standard InChI is InChI=1S/C21H14N2O3/c24-20(15-9-3-1-4-10-15)22-19-17-13-7-8-14-18(17)26-23(19)21(25)16-11-5-2-6-12-16/h1-14H. The first-order chi connectivity index (χ1) is 12.7. The average Bonchev–Trinajstić information content (AvgIpc) is 3.07. The number of amides is 1. The Bertz CT molecular complexity index is 1160. The molecule has 0 saturated heterocycles. The predicted octanol–water partition coefficient (Wildman–Crippen LogP) is 3.66. The molecule has 4 rings (SSSR count). The molecule has 0 radical (unpaired) electrons. The molecule has 0 aliphatic carbocycles. The number of carbonyl (C=O) groups excluding carboxylic acids is 2. The third-order valence-electron chi connectivity index (χ3n) is 3.94. The van der Waals surface area contributed by atoms with Crippen LogP contribution < -0.4 is 5.49 Å². The first kappa shape index (κ1) is 15.8. The van der Waals surface area contributed by atoms with E-state index in [1.807, 2.05) is 12.1 Å². The summed E-state index contributed by atoms with van der Waals surface area (Å²) in [5.74, 6) is -0.826. The maximum Gasteiger partial charge on any atom is 0.292 e. The average molecular weight is 342 g/mol. The molecule has 0 saturated carbocycles. The second-order valence-electron chi connectivity index (χ2n) is 5.66. The van der Waals surface area contributed by atoms with Crippen molar-refractivity contribution in [2.75, 3.05) is 0 Å². The highest BCUT2D eigenvalue weighted by molar-refractivity contribution is 5.98. The van der Waals surface area contributed by atoms with Gasteiger partial charge in [-0.2, -0.15) is 4.99 Å². The summed E-state index contributed by atoms with van der Waals surface area (Å²) in [6.07, 6.45) is 0. The SMILES string of the molecule is O=C(N=c1c2ccccc2on1C(=O)c1ccccc1)c1ccccc1. The molecule has 0 bridgehead atoms. The Morgan fingerprint density at radius 1 is 0.731 bits per heavy atom. The Kier molecular flexibility index (Phi) is 4.03. The first-order valence-corrected chi connectivity index (χ1v) is 8.09. The zero-order valence-electron chi connectivity index (χ0n) is 13.7. The summed E-state index contributed by atoms with van der Waals surface area (Å²) in [4.78, 5) is 29.6. The Hall–Kier alpha value is -3.73. The van der Waals surface area contributed by atoms with Crippen LogP contribution in [-0.2, 0) is 0 Å². The maximum absolute atomic E-state index is 12.9. The van der Waals surface area contributed by atoms with Crippen LogP contribution >= 0.6 is 0 Å². The van der Waals surface area contributed by atoms with Gasteiger partial charge in [-0.1, -0.05) is 48.5 Å². The van der Waals surface area contributed by atoms with Gasteiger partial charge in [-0.15, -0.1) is 4.74 Å². The normalized spacial score (nSPS) is 11.6. The Morgan fingerprint density at radius 3 is 2.00 bits per heavy atom. The van der Waals surface area contributed by atoms with Gasteiger partial charge in [0, 0.05) is 11.1 Å². The number of nitrogens with zero attached hydrogens (tertiary/aromatic N) is 2. The summed E-state index contributed by atoms with van der Waals surface area (Å²) in [5, 5.41) is 0.598. The summed E-state index contributed by atoms with van der Waals surface area (Å²) >= 11 is 0. The largest absolute Gasteiger partial charge is 0.369 e. The fourth-order valence-electron chi connectivity index (χ4n) is 2.66. The Morgan fingerprint density at radius 2 is 1.31 bits per heavy atom. The lowest BCUT2D eigenvalue weighted by atomic mass is 10.2. The van der Waals surface area contributed by atoms with E-state index in [1.54, 1.807) is 72.8 Å². The van der Waals surface area contributed by atoms with Crippen molar-refractivity contribution >= 4 is 22.8 Å². The lowest BCUT2D eigenvalue weighted by Crippen LogP contribution is -2.25. The quantitative estimate of drug-likeness (QED) is 0.558. The molecule has 4 aromatic rings. The van der Waals surface area contributed by atoms with Gasteiger partial charge in [0.1, 0.15) is 0 Å². The van der Waals surface area contributed by atoms with Crippen molar-refractivity contribution in [3.05, 3.63) is 102 Å². The van der Waals surface area contributed by atoms with E-state index in [0.717, 1.165) is 4.74 Å². The molecule has 0 aliphatic rings. The monoisotopic (exact) mass is 342 g/mol. The van der Waals surface area contributed by atoms with E-state index in [2.05, 4.69) is 4.99 Å². The summed E-state index contributed by atoms with van der Waals surface area (Å²) < 4.78 is 6.74. The van der Waals surface area contributed by atoms with Crippen molar-refractivity contribution < 1.29 is 14.1 Å². The number of carbonyl (C=O) groups is 2. The van der Waals surface area contributed by atoms with E-state index in [-0.39, 0.29) is 11.4 Å². The van der Waals surface area contributed by atoms with Crippen LogP contribution in [0, 0.1) is 0 Å². The molecule has 1 heterocycles. The van der Waals surface area contributed by atoms with Gasteiger partial charge in [0.05, 0.1) is 5.39 Å². The number of rotatable bonds is 2. The van der Waals surface area contributed by atoms with E-state index in [9.17, 15) is 9.59 Å². The second kappa shape index (κ2) is 6.64. The summed E-state index contributed by atoms with van der Waals surface area (Å²) in [6.45, 7) is 0. The molecule has 1 amide bonds. The fourth-order valence-corrected chi connectivity index (χ4v) is 2.66. The number of hydrogen-bond acceptors (Lipinski definition) is 3. The molecule has 0 unspecified atom stereocenters. The van der Waals surface area contributed by atoms with Gasteiger partial charge in [0.25, 0.3) is 11.8 Å². The minimum Gasteiger partial charge on any atom is -0.369 e. The van der Waals surface area contributed by atoms with Crippen LogP contribution in [0.5, 0.6) is 0 Å². The van der Waals surface area contributed by atoms with Gasteiger partial charge in [-0.3, -0.25) is 9.59 Å². The molecule has 0 aliphatic heterocycles. The highest BCUT2D eigenvalue weighted by Crippen LogP contribution is 2.12. The van der Waals surface area contributed by atoms with Gasteiger partial charge in [-0.05, 0) is 36.4 Å². The number of aromatic nitrogens is 1. The van der Waals surface area contributed by atoms with E-state index >= 15 is 0 Å². The van der Waals surface area contributed by atoms with Gasteiger partial charge in [0.15, 0.2) is 11.1 Å². The molecular weight excluding hydrogens is 328 g/mol. The van der Waals surface area contributed by atoms with Crippen LogP contribution in [-0.4, -0.2) is 16.6 Å². The molecular formula is C21H14N2O3. The van der Waals surface area contributed by atoms with Crippen molar-refractivity contribution in [2.45, 2.75) is 0 Å². The van der Waals surface area contributed by atoms with E-state index < -0.39 is 5.91 Å². The van der Waals surface area contributed by atoms with E-state index in [4.69, 9.17) is 4.52 Å². The lowest BCUT2D eigenvalue weighted by molar-refractivity contribution is 0.0847. The summed E-state index contributed by atoms with van der Waals surface area (Å²) in [5.41, 5.74) is 1.55. The third-order valence-corrected chi connectivity index (χ3v) is 3.94. The highest BCUT2D eigenvalue weighted by Gasteiger charge is 2.17. The van der Waals surface area contributed by atoms with Crippen LogP contribution in [0.15, 0.2) is 94.4 Å². The Labute approximate surface area is 148 Å². The van der Waals surface area contributed by atoms with Crippen molar-refractivity contribution in [1.29, 1.82) is 0 Å². The van der Waals surface area contributed by atoms with Gasteiger partial charge in [0.2, 0.25) is 0 Å². The fraction of sp³-hybridized carbons (Fsp3) is 0. The van der Waals surface area contributed by atoms with E-state index in [0.29, 0.717) is 22.1 Å². The van der Waals surface area contributed by atoms with Crippen LogP contribution in [0.1, 0.15) is 20.7 Å². The third kappa shape index (κ3) is 2.86. The van der Waals surface area contributed by atoms with Crippen LogP contribution in [0.2, 0.25) is 0 Å². The summed E-state index contributed by atoms with van der Waals surface area (Å²) in [6, 6.07) is 24.5. The minimum atomic E-state index is -0.438. The van der Waals surface area contributed by atoms with Crippen molar-refractivity contribution in [3.63, 3.8) is 0 Å². The van der Waals surface area contributed by atoms with Crippen molar-refractivity contribution in [3.8, 4) is 0 Å². The second-order valence-corrected chi connectivity index (χ2v) is 5.66. The molecule has 0 N–H and O–H groups in total. The molecule has 126 valence electrons. The van der Waals surface area contributed by atoms with Gasteiger partial charge >= 0.3 is 0 Å². The zero-order chi connectivity index (χ0) is 17.9. The van der Waals surface area contributed by atoms with Crippen molar-refractivity contribution in [2.24, 2.45) is 4.99 Å². The molecule has 1 aromatic heterocycles. The molecule has 5 heteroatoms. The topological polar surface area (TPSA) is 64.6 Å². The molecule has 0 spiro atoms. The van der Waals surface area contributed by atoms with Gasteiger partial charge in [-0.25, -0.2) is 0 Å². The molecule has 0 atom stereocenters. The number of benzene rings is 3. The smallest absolute Gasteiger partial charge is 0.292 e.